The van der Waals surface area contributed by atoms with E-state index in [4.69, 9.17) is 5.73 Å². The molecule has 0 saturated carbocycles. The molecular formula is C10H17ClN4. The van der Waals surface area contributed by atoms with Gasteiger partial charge in [0.25, 0.3) is 0 Å². The third-order valence-electron chi connectivity index (χ3n) is 2.78. The highest BCUT2D eigenvalue weighted by molar-refractivity contribution is 5.85. The number of hydrogen-bond donors (Lipinski definition) is 1. The Morgan fingerprint density at radius 1 is 1.47 bits per heavy atom. The summed E-state index contributed by atoms with van der Waals surface area (Å²) in [6, 6.07) is 0.449. The van der Waals surface area contributed by atoms with Crippen LogP contribution in [0.4, 0.5) is 5.82 Å². The predicted octanol–water partition coefficient (Wildman–Crippen LogP) is 1.13. The van der Waals surface area contributed by atoms with Gasteiger partial charge in [-0.05, 0) is 19.8 Å². The third-order valence-corrected chi connectivity index (χ3v) is 2.78. The first-order chi connectivity index (χ1) is 6.83. The van der Waals surface area contributed by atoms with E-state index >= 15 is 0 Å². The van der Waals surface area contributed by atoms with Gasteiger partial charge in [-0.25, -0.2) is 4.98 Å². The van der Waals surface area contributed by atoms with Crippen molar-refractivity contribution in [1.29, 1.82) is 0 Å². The molecule has 5 heteroatoms. The Morgan fingerprint density at radius 2 is 2.20 bits per heavy atom. The predicted molar refractivity (Wildman–Crippen MR) is 63.4 cm³/mol. The van der Waals surface area contributed by atoms with Crippen LogP contribution in [0.15, 0.2) is 12.4 Å². The molecule has 84 valence electrons. The molecule has 0 amide bonds. The van der Waals surface area contributed by atoms with Gasteiger partial charge < -0.3 is 10.6 Å². The molecule has 1 saturated heterocycles. The lowest BCUT2D eigenvalue weighted by atomic mass is 10.2. The topological polar surface area (TPSA) is 55.0 Å². The van der Waals surface area contributed by atoms with E-state index < -0.39 is 0 Å². The minimum Gasteiger partial charge on any atom is -0.351 e. The van der Waals surface area contributed by atoms with E-state index in [1.165, 1.54) is 12.8 Å². The Hall–Kier alpha value is -0.870. The lowest BCUT2D eigenvalue weighted by molar-refractivity contribution is 0.668. The monoisotopic (exact) mass is 228 g/mol. The summed E-state index contributed by atoms with van der Waals surface area (Å²) in [5, 5.41) is 0. The van der Waals surface area contributed by atoms with Crippen LogP contribution < -0.4 is 10.6 Å². The molecule has 15 heavy (non-hydrogen) atoms. The molecule has 1 aliphatic heterocycles. The summed E-state index contributed by atoms with van der Waals surface area (Å²) in [5.74, 6) is 1.00. The van der Waals surface area contributed by atoms with Crippen LogP contribution in [0.25, 0.3) is 0 Å². The summed E-state index contributed by atoms with van der Waals surface area (Å²) < 4.78 is 0. The van der Waals surface area contributed by atoms with Crippen LogP contribution in [0.2, 0.25) is 0 Å². The van der Waals surface area contributed by atoms with Crippen LogP contribution in [-0.4, -0.2) is 29.1 Å². The summed E-state index contributed by atoms with van der Waals surface area (Å²) in [6.45, 7) is 3.76. The Morgan fingerprint density at radius 3 is 2.87 bits per heavy atom. The fourth-order valence-corrected chi connectivity index (χ4v) is 2.04. The smallest absolute Gasteiger partial charge is 0.150 e. The van der Waals surface area contributed by atoms with Crippen LogP contribution in [0.1, 0.15) is 18.5 Å². The Labute approximate surface area is 96.3 Å². The number of nitrogens with zero attached hydrogens (tertiary/aromatic N) is 3. The first-order valence-electron chi connectivity index (χ1n) is 5.07. The molecule has 2 rings (SSSR count). The molecule has 0 aromatic carbocycles. The van der Waals surface area contributed by atoms with Crippen molar-refractivity contribution in [3.05, 3.63) is 18.1 Å². The van der Waals surface area contributed by atoms with Crippen molar-refractivity contribution in [1.82, 2.24) is 9.97 Å². The fourth-order valence-electron chi connectivity index (χ4n) is 2.04. The van der Waals surface area contributed by atoms with Crippen molar-refractivity contribution in [3.8, 4) is 0 Å². The maximum Gasteiger partial charge on any atom is 0.150 e. The van der Waals surface area contributed by atoms with Gasteiger partial charge in [0.05, 0.1) is 5.69 Å². The average molecular weight is 229 g/mol. The van der Waals surface area contributed by atoms with Crippen molar-refractivity contribution in [2.75, 3.05) is 18.0 Å². The second kappa shape index (κ2) is 5.28. The van der Waals surface area contributed by atoms with Crippen molar-refractivity contribution in [2.24, 2.45) is 5.73 Å². The zero-order valence-electron chi connectivity index (χ0n) is 8.89. The molecule has 1 atom stereocenters. The molecule has 2 N–H and O–H groups in total. The third kappa shape index (κ3) is 2.38. The quantitative estimate of drug-likeness (QED) is 0.825. The van der Waals surface area contributed by atoms with Gasteiger partial charge in [0, 0.05) is 31.5 Å². The van der Waals surface area contributed by atoms with Gasteiger partial charge in [-0.1, -0.05) is 0 Å². The lowest BCUT2D eigenvalue weighted by Gasteiger charge is -2.25. The van der Waals surface area contributed by atoms with E-state index in [1.807, 2.05) is 6.92 Å². The second-order valence-electron chi connectivity index (χ2n) is 3.69. The molecule has 1 fully saturated rings. The zero-order valence-corrected chi connectivity index (χ0v) is 9.70. The first-order valence-corrected chi connectivity index (χ1v) is 5.07. The van der Waals surface area contributed by atoms with E-state index in [-0.39, 0.29) is 12.4 Å². The molecule has 1 aromatic rings. The van der Waals surface area contributed by atoms with Gasteiger partial charge >= 0.3 is 0 Å². The van der Waals surface area contributed by atoms with Gasteiger partial charge in [0.2, 0.25) is 0 Å². The number of nitrogens with two attached hydrogens (primary N) is 1. The molecule has 0 bridgehead atoms. The highest BCUT2D eigenvalue weighted by Gasteiger charge is 2.25. The summed E-state index contributed by atoms with van der Waals surface area (Å²) in [4.78, 5) is 10.9. The number of anilines is 1. The Bertz CT molecular complexity index is 318. The Kier molecular flexibility index (Phi) is 4.29. The number of aryl methyl sites for hydroxylation is 1. The lowest BCUT2D eigenvalue weighted by Crippen LogP contribution is -2.36. The summed E-state index contributed by atoms with van der Waals surface area (Å²) in [7, 11) is 0. The molecule has 4 nitrogen and oxygen atoms in total. The van der Waals surface area contributed by atoms with E-state index in [1.54, 1.807) is 12.4 Å². The molecule has 0 spiro atoms. The molecule has 0 aliphatic carbocycles. The van der Waals surface area contributed by atoms with Crippen molar-refractivity contribution < 1.29 is 0 Å². The van der Waals surface area contributed by atoms with Crippen LogP contribution in [-0.2, 0) is 0 Å². The molecule has 0 radical (unpaired) electrons. The Balaban J connectivity index is 0.00000112. The largest absolute Gasteiger partial charge is 0.351 e. The maximum absolute atomic E-state index is 5.72. The van der Waals surface area contributed by atoms with Gasteiger partial charge in [0.15, 0.2) is 0 Å². The number of hydrogen-bond acceptors (Lipinski definition) is 4. The average Bonchev–Trinajstić information content (AvgIpc) is 2.66. The highest BCUT2D eigenvalue weighted by Crippen LogP contribution is 2.24. The maximum atomic E-state index is 5.72. The molecule has 1 aliphatic rings. The van der Waals surface area contributed by atoms with Crippen LogP contribution in [0.3, 0.4) is 0 Å². The molecule has 1 aromatic heterocycles. The summed E-state index contributed by atoms with van der Waals surface area (Å²) in [6.07, 6.45) is 5.85. The van der Waals surface area contributed by atoms with Gasteiger partial charge in [-0.15, -0.1) is 12.4 Å². The van der Waals surface area contributed by atoms with Crippen molar-refractivity contribution in [3.63, 3.8) is 0 Å². The van der Waals surface area contributed by atoms with E-state index in [2.05, 4.69) is 14.9 Å². The van der Waals surface area contributed by atoms with Gasteiger partial charge in [-0.3, -0.25) is 4.98 Å². The van der Waals surface area contributed by atoms with Crippen molar-refractivity contribution in [2.45, 2.75) is 25.8 Å². The van der Waals surface area contributed by atoms with Crippen LogP contribution in [0.5, 0.6) is 0 Å². The number of rotatable bonds is 2. The standard InChI is InChI=1S/C10H16N4.ClH/c1-8-10(13-5-4-12-8)14-6-2-3-9(14)7-11;/h4-5,9H,2-3,6-7,11H2,1H3;1H. The normalized spacial score (nSPS) is 20.1. The van der Waals surface area contributed by atoms with Crippen molar-refractivity contribution >= 4 is 18.2 Å². The van der Waals surface area contributed by atoms with E-state index in [0.29, 0.717) is 12.6 Å². The minimum atomic E-state index is 0. The van der Waals surface area contributed by atoms with Gasteiger partial charge in [-0.2, -0.15) is 0 Å². The number of halogens is 1. The van der Waals surface area contributed by atoms with E-state index in [0.717, 1.165) is 18.1 Å². The van der Waals surface area contributed by atoms with Crippen LogP contribution >= 0.6 is 12.4 Å². The first kappa shape index (κ1) is 12.2. The summed E-state index contributed by atoms with van der Waals surface area (Å²) >= 11 is 0. The minimum absolute atomic E-state index is 0. The SMILES string of the molecule is Cc1nccnc1N1CCCC1CN.Cl. The van der Waals surface area contributed by atoms with Gasteiger partial charge in [0.1, 0.15) is 5.82 Å². The number of aromatic nitrogens is 2. The second-order valence-corrected chi connectivity index (χ2v) is 3.69. The zero-order chi connectivity index (χ0) is 9.97. The molecule has 2 heterocycles. The molecule has 1 unspecified atom stereocenters. The molecular weight excluding hydrogens is 212 g/mol. The highest BCUT2D eigenvalue weighted by atomic mass is 35.5. The van der Waals surface area contributed by atoms with Crippen LogP contribution in [0, 0.1) is 6.92 Å². The van der Waals surface area contributed by atoms with E-state index in [9.17, 15) is 0 Å². The summed E-state index contributed by atoms with van der Waals surface area (Å²) in [5.41, 5.74) is 6.72. The fraction of sp³-hybridized carbons (Fsp3) is 0.600.